The highest BCUT2D eigenvalue weighted by atomic mass is 32.2. The van der Waals surface area contributed by atoms with Gasteiger partial charge in [-0.2, -0.15) is 0 Å². The van der Waals surface area contributed by atoms with E-state index in [2.05, 4.69) is 20.1 Å². The first-order chi connectivity index (χ1) is 25.4. The molecule has 18 heteroatoms. The molecule has 4 aromatic rings. The number of sulfone groups is 1. The van der Waals surface area contributed by atoms with Crippen LogP contribution in [0.15, 0.2) is 53.6 Å². The third-order valence-corrected chi connectivity index (χ3v) is 15.7. The fourth-order valence-corrected chi connectivity index (χ4v) is 13.5. The Hall–Kier alpha value is -3.84. The van der Waals surface area contributed by atoms with Crippen molar-refractivity contribution in [2.75, 3.05) is 52.7 Å². The third-order valence-electron chi connectivity index (χ3n) is 11.1. The highest BCUT2D eigenvalue weighted by molar-refractivity contribution is 7.93. The second-order valence-electron chi connectivity index (χ2n) is 14.8. The average molecular weight is 788 g/mol. The Kier molecular flexibility index (Phi) is 8.49. The number of hydrogen-bond acceptors (Lipinski definition) is 12. The van der Waals surface area contributed by atoms with Crippen molar-refractivity contribution in [3.05, 3.63) is 66.1 Å². The van der Waals surface area contributed by atoms with Crippen LogP contribution in [-0.4, -0.2) is 98.7 Å². The number of halogens is 3. The van der Waals surface area contributed by atoms with E-state index in [0.29, 0.717) is 40.5 Å². The van der Waals surface area contributed by atoms with E-state index in [0.717, 1.165) is 63.8 Å². The highest BCUT2D eigenvalue weighted by Crippen LogP contribution is 2.51. The van der Waals surface area contributed by atoms with Gasteiger partial charge in [0, 0.05) is 61.0 Å². The van der Waals surface area contributed by atoms with E-state index < -0.39 is 47.9 Å². The predicted molar refractivity (Wildman–Crippen MR) is 194 cm³/mol. The van der Waals surface area contributed by atoms with Crippen molar-refractivity contribution in [2.45, 2.75) is 61.2 Å². The molecule has 0 amide bonds. The topological polar surface area (TPSA) is 147 Å². The Morgan fingerprint density at radius 3 is 2.32 bits per heavy atom. The number of thiazole rings is 1. The molecule has 1 aliphatic carbocycles. The highest BCUT2D eigenvalue weighted by Gasteiger charge is 2.56. The van der Waals surface area contributed by atoms with Crippen molar-refractivity contribution in [3.63, 3.8) is 0 Å². The van der Waals surface area contributed by atoms with Crippen LogP contribution in [0.1, 0.15) is 32.1 Å². The van der Waals surface area contributed by atoms with Crippen LogP contribution in [0.4, 0.5) is 29.9 Å². The molecule has 5 aliphatic rings. The average Bonchev–Trinajstić information content (AvgIpc) is 3.82. The number of aromatic nitrogens is 3. The van der Waals surface area contributed by atoms with Crippen molar-refractivity contribution in [1.82, 2.24) is 19.9 Å². The number of rotatable bonds is 9. The SMILES string of the molecule is O=S1(=O)CC2(CC(Nc3nccc(-c4sc(N5C6CCC5CN(C5CCOC5)C6)nc4-c4cccc(NS(=O)(=O)c5c(F)cccc5F)c4F)n3)C2)C1. The van der Waals surface area contributed by atoms with E-state index >= 15 is 4.39 Å². The molecule has 9 rings (SSSR count). The number of ether oxygens (including phenoxy) is 1. The predicted octanol–water partition coefficient (Wildman–Crippen LogP) is 4.92. The Morgan fingerprint density at radius 1 is 0.925 bits per heavy atom. The van der Waals surface area contributed by atoms with Gasteiger partial charge < -0.3 is 15.0 Å². The molecule has 280 valence electrons. The van der Waals surface area contributed by atoms with Gasteiger partial charge in [0.25, 0.3) is 10.0 Å². The van der Waals surface area contributed by atoms with Gasteiger partial charge in [-0.25, -0.2) is 45.0 Å². The van der Waals surface area contributed by atoms with Crippen LogP contribution >= 0.6 is 11.3 Å². The molecule has 53 heavy (non-hydrogen) atoms. The number of nitrogens with one attached hydrogen (secondary N) is 2. The van der Waals surface area contributed by atoms with E-state index in [-0.39, 0.29) is 46.3 Å². The number of nitrogens with zero attached hydrogens (tertiary/aromatic N) is 5. The molecule has 2 aromatic heterocycles. The number of likely N-dealkylation sites (tertiary alicyclic amines) is 1. The van der Waals surface area contributed by atoms with Crippen molar-refractivity contribution in [3.8, 4) is 21.8 Å². The Balaban J connectivity index is 1.06. The maximum Gasteiger partial charge on any atom is 0.267 e. The zero-order chi connectivity index (χ0) is 36.7. The molecule has 2 N–H and O–H groups in total. The van der Waals surface area contributed by atoms with Crippen LogP contribution in [0.25, 0.3) is 21.8 Å². The molecule has 12 nitrogen and oxygen atoms in total. The molecular formula is C35H36F3N7O5S3. The molecule has 3 atom stereocenters. The molecule has 0 radical (unpaired) electrons. The largest absolute Gasteiger partial charge is 0.380 e. The van der Waals surface area contributed by atoms with Gasteiger partial charge >= 0.3 is 0 Å². The van der Waals surface area contributed by atoms with E-state index in [9.17, 15) is 25.6 Å². The minimum Gasteiger partial charge on any atom is -0.380 e. The summed E-state index contributed by atoms with van der Waals surface area (Å²) in [6, 6.07) is 9.23. The summed E-state index contributed by atoms with van der Waals surface area (Å²) in [5.41, 5.74) is 0.00325. The second-order valence-corrected chi connectivity index (χ2v) is 19.5. The van der Waals surface area contributed by atoms with E-state index in [4.69, 9.17) is 14.7 Å². The number of anilines is 3. The first-order valence-electron chi connectivity index (χ1n) is 17.5. The molecule has 2 aromatic carbocycles. The van der Waals surface area contributed by atoms with Crippen LogP contribution in [0.3, 0.4) is 0 Å². The van der Waals surface area contributed by atoms with Gasteiger partial charge in [-0.15, -0.1) is 0 Å². The van der Waals surface area contributed by atoms with E-state index in [1.165, 1.54) is 29.5 Å². The van der Waals surface area contributed by atoms with Crippen LogP contribution in [0.5, 0.6) is 0 Å². The lowest BCUT2D eigenvalue weighted by atomic mass is 9.67. The molecule has 6 heterocycles. The third kappa shape index (κ3) is 6.35. The van der Waals surface area contributed by atoms with Gasteiger partial charge in [0.05, 0.1) is 40.1 Å². The van der Waals surface area contributed by atoms with Gasteiger partial charge in [-0.3, -0.25) is 9.62 Å². The lowest BCUT2D eigenvalue weighted by molar-refractivity contribution is 0.125. The summed E-state index contributed by atoms with van der Waals surface area (Å²) in [5.74, 6) is -2.84. The van der Waals surface area contributed by atoms with Gasteiger partial charge in [0.15, 0.2) is 25.7 Å². The summed E-state index contributed by atoms with van der Waals surface area (Å²) in [4.78, 5) is 18.4. The Bertz CT molecular complexity index is 2270. The van der Waals surface area contributed by atoms with E-state index in [1.54, 1.807) is 12.3 Å². The fraction of sp³-hybridized carbons (Fsp3) is 0.457. The number of hydrogen-bond donors (Lipinski definition) is 2. The number of fused-ring (bicyclic) bond motifs is 2. The van der Waals surface area contributed by atoms with Gasteiger partial charge in [0.2, 0.25) is 5.95 Å². The Labute approximate surface area is 308 Å². The number of benzene rings is 2. The molecule has 1 spiro atoms. The van der Waals surface area contributed by atoms with Crippen molar-refractivity contribution in [2.24, 2.45) is 5.41 Å². The molecule has 4 aliphatic heterocycles. The summed E-state index contributed by atoms with van der Waals surface area (Å²) >= 11 is 1.37. The molecule has 5 fully saturated rings. The first-order valence-corrected chi connectivity index (χ1v) is 21.7. The molecular weight excluding hydrogens is 752 g/mol. The fourth-order valence-electron chi connectivity index (χ4n) is 8.81. The number of sulfonamides is 1. The zero-order valence-electron chi connectivity index (χ0n) is 28.3. The lowest BCUT2D eigenvalue weighted by Crippen LogP contribution is -2.60. The summed E-state index contributed by atoms with van der Waals surface area (Å²) < 4.78 is 103. The van der Waals surface area contributed by atoms with Crippen LogP contribution in [-0.2, 0) is 24.6 Å². The van der Waals surface area contributed by atoms with Gasteiger partial charge in [-0.05, 0) is 62.4 Å². The first kappa shape index (κ1) is 34.9. The van der Waals surface area contributed by atoms with Gasteiger partial charge in [-0.1, -0.05) is 23.5 Å². The number of piperazine rings is 1. The lowest BCUT2D eigenvalue weighted by Gasteiger charge is -2.53. The summed E-state index contributed by atoms with van der Waals surface area (Å²) in [7, 11) is -7.81. The van der Waals surface area contributed by atoms with Crippen molar-refractivity contribution in [1.29, 1.82) is 0 Å². The summed E-state index contributed by atoms with van der Waals surface area (Å²) in [6.07, 6.45) is 5.93. The molecule has 3 unspecified atom stereocenters. The smallest absolute Gasteiger partial charge is 0.267 e. The second kappa shape index (κ2) is 12.9. The summed E-state index contributed by atoms with van der Waals surface area (Å²) in [5, 5.41) is 4.01. The monoisotopic (exact) mass is 787 g/mol. The van der Waals surface area contributed by atoms with E-state index in [1.807, 2.05) is 4.72 Å². The van der Waals surface area contributed by atoms with Crippen LogP contribution < -0.4 is 14.9 Å². The molecule has 1 saturated carbocycles. The van der Waals surface area contributed by atoms with Crippen LogP contribution in [0.2, 0.25) is 0 Å². The molecule has 4 saturated heterocycles. The normalized spacial score (nSPS) is 25.0. The van der Waals surface area contributed by atoms with Crippen molar-refractivity contribution < 1.29 is 34.7 Å². The summed E-state index contributed by atoms with van der Waals surface area (Å²) in [6.45, 7) is 3.17. The maximum absolute atomic E-state index is 16.5. The zero-order valence-corrected chi connectivity index (χ0v) is 30.8. The van der Waals surface area contributed by atoms with Crippen LogP contribution in [0, 0.1) is 22.9 Å². The van der Waals surface area contributed by atoms with Crippen molar-refractivity contribution >= 4 is 48.0 Å². The molecule has 2 bridgehead atoms. The maximum atomic E-state index is 16.5. The standard InChI is InChI=1S/C35H36F3N7O5S3/c36-25-4-2-5-26(37)32(25)53(48,49)43-27-6-1-3-24(29(27)38)30-31(28-9-11-39-33(41-28)40-20-13-35(14-20)18-52(46,47)19-35)51-34(42-30)45-21-7-8-22(45)16-44(15-21)23-10-12-50-17-23/h1-6,9,11,20-23,43H,7-8,10,12-19H2,(H,39,40,41). The Morgan fingerprint density at radius 2 is 1.64 bits per heavy atom. The quantitative estimate of drug-likeness (QED) is 0.239. The minimum absolute atomic E-state index is 0.0101. The minimum atomic E-state index is -4.86. The van der Waals surface area contributed by atoms with Gasteiger partial charge in [0.1, 0.15) is 11.6 Å².